The van der Waals surface area contributed by atoms with Crippen LogP contribution in [0.15, 0.2) is 29.1 Å². The van der Waals surface area contributed by atoms with Gasteiger partial charge in [0.05, 0.1) is 16.4 Å². The number of nitro benzene ring substituents is 1. The summed E-state index contributed by atoms with van der Waals surface area (Å²) in [5, 5.41) is 16.1. The summed E-state index contributed by atoms with van der Waals surface area (Å²) < 4.78 is 0. The van der Waals surface area contributed by atoms with E-state index in [2.05, 4.69) is 32.4 Å². The number of nitro groups is 1. The van der Waals surface area contributed by atoms with Gasteiger partial charge >= 0.3 is 0 Å². The van der Waals surface area contributed by atoms with Crippen LogP contribution in [0.25, 0.3) is 0 Å². The summed E-state index contributed by atoms with van der Waals surface area (Å²) in [6.07, 6.45) is 3.82. The third-order valence-electron chi connectivity index (χ3n) is 5.97. The molecule has 2 atom stereocenters. The number of aromatic amines is 1. The van der Waals surface area contributed by atoms with Gasteiger partial charge in [-0.1, -0.05) is 6.92 Å². The number of carbonyl (C=O) groups excluding carboxylic acids is 2. The number of aromatic nitrogens is 2. The first-order valence-electron chi connectivity index (χ1n) is 10.6. The van der Waals surface area contributed by atoms with Crippen molar-refractivity contribution < 1.29 is 14.5 Å². The Hall–Kier alpha value is -3.76. The zero-order valence-electron chi connectivity index (χ0n) is 17.6. The summed E-state index contributed by atoms with van der Waals surface area (Å²) in [7, 11) is 0. The van der Waals surface area contributed by atoms with Gasteiger partial charge in [-0.15, -0.1) is 0 Å². The van der Waals surface area contributed by atoms with E-state index in [1.165, 1.54) is 24.3 Å². The van der Waals surface area contributed by atoms with Crippen molar-refractivity contribution in [1.82, 2.24) is 9.97 Å². The number of carbonyl (C=O) groups is 2. The molecule has 0 aliphatic carbocycles. The quantitative estimate of drug-likeness (QED) is 0.477. The van der Waals surface area contributed by atoms with Crippen LogP contribution in [0.3, 0.4) is 0 Å². The number of nitrogens with zero attached hydrogens (tertiary/aromatic N) is 3. The van der Waals surface area contributed by atoms with Gasteiger partial charge in [0.2, 0.25) is 17.8 Å². The van der Waals surface area contributed by atoms with Crippen molar-refractivity contribution in [2.24, 2.45) is 0 Å². The van der Waals surface area contributed by atoms with E-state index in [0.29, 0.717) is 11.6 Å². The zero-order valence-corrected chi connectivity index (χ0v) is 17.6. The minimum absolute atomic E-state index is 0.101. The van der Waals surface area contributed by atoms with Crippen LogP contribution >= 0.6 is 0 Å². The van der Waals surface area contributed by atoms with Crippen molar-refractivity contribution in [3.63, 3.8) is 0 Å². The second-order valence-electron chi connectivity index (χ2n) is 8.00. The third-order valence-corrected chi connectivity index (χ3v) is 5.97. The zero-order chi connectivity index (χ0) is 22.8. The molecule has 0 spiro atoms. The number of nitrogens with one attached hydrogen (secondary N) is 3. The number of rotatable bonds is 5. The molecule has 0 saturated carbocycles. The molecule has 3 N–H and O–H groups in total. The van der Waals surface area contributed by atoms with Gasteiger partial charge in [0, 0.05) is 36.8 Å². The topological polar surface area (TPSA) is 150 Å². The minimum Gasteiger partial charge on any atom is -0.339 e. The lowest BCUT2D eigenvalue weighted by Gasteiger charge is -2.36. The molecule has 1 saturated heterocycles. The van der Waals surface area contributed by atoms with Crippen LogP contribution in [0, 0.1) is 10.1 Å². The highest BCUT2D eigenvalue weighted by atomic mass is 16.6. The number of hydrogen-bond acceptors (Lipinski definition) is 7. The molecule has 2 aliphatic heterocycles. The number of fused-ring (bicyclic) bond motifs is 1. The van der Waals surface area contributed by atoms with Gasteiger partial charge in [0.1, 0.15) is 5.82 Å². The molecule has 11 heteroatoms. The molecule has 0 bridgehead atoms. The van der Waals surface area contributed by atoms with Gasteiger partial charge in [0.25, 0.3) is 11.2 Å². The number of piperidine rings is 1. The Kier molecular flexibility index (Phi) is 5.89. The van der Waals surface area contributed by atoms with Crippen LogP contribution in [0.1, 0.15) is 50.5 Å². The Morgan fingerprint density at radius 3 is 2.72 bits per heavy atom. The van der Waals surface area contributed by atoms with Gasteiger partial charge in [0.15, 0.2) is 0 Å². The summed E-state index contributed by atoms with van der Waals surface area (Å²) in [5.74, 6) is -1.49. The average Bonchev–Trinajstić information content (AvgIpc) is 2.78. The second-order valence-corrected chi connectivity index (χ2v) is 8.00. The Balaban J connectivity index is 1.62. The summed E-state index contributed by atoms with van der Waals surface area (Å²) in [4.78, 5) is 57.8. The van der Waals surface area contributed by atoms with Gasteiger partial charge < -0.3 is 15.5 Å². The standard InChI is InChI=1S/C21H24N6O5/c1-2-13-5-3-4-10-26(13)21-24-18-17(20(30)25-21)15(11-16(28)23-18)19(29)22-12-6-8-14(9-7-12)27(31)32/h6-9,13,15H,2-5,10-11H2,1H3,(H,22,29)(H2,23,24,25,28,30)/t13-,15-/m1/s1. The fourth-order valence-corrected chi connectivity index (χ4v) is 4.32. The van der Waals surface area contributed by atoms with Crippen LogP contribution in [0.2, 0.25) is 0 Å². The monoisotopic (exact) mass is 440 g/mol. The van der Waals surface area contributed by atoms with Crippen LogP contribution in [-0.4, -0.2) is 39.3 Å². The fraction of sp³-hybridized carbons (Fsp3) is 0.429. The fourth-order valence-electron chi connectivity index (χ4n) is 4.32. The van der Waals surface area contributed by atoms with E-state index in [9.17, 15) is 24.5 Å². The van der Waals surface area contributed by atoms with E-state index >= 15 is 0 Å². The van der Waals surface area contributed by atoms with Crippen molar-refractivity contribution in [2.75, 3.05) is 22.1 Å². The molecule has 2 aromatic rings. The number of non-ortho nitro benzene ring substituents is 1. The van der Waals surface area contributed by atoms with E-state index in [1.807, 2.05) is 0 Å². The lowest BCUT2D eigenvalue weighted by atomic mass is 9.92. The molecular weight excluding hydrogens is 416 g/mol. The summed E-state index contributed by atoms with van der Waals surface area (Å²) in [6, 6.07) is 5.57. The Labute approximate surface area is 183 Å². The maximum absolute atomic E-state index is 13.0. The first kappa shape index (κ1) is 21.5. The average molecular weight is 440 g/mol. The Morgan fingerprint density at radius 2 is 2.03 bits per heavy atom. The minimum atomic E-state index is -1.03. The summed E-state index contributed by atoms with van der Waals surface area (Å²) >= 11 is 0. The number of hydrogen-bond donors (Lipinski definition) is 3. The molecular formula is C21H24N6O5. The van der Waals surface area contributed by atoms with E-state index in [-0.39, 0.29) is 29.5 Å². The van der Waals surface area contributed by atoms with Crippen molar-refractivity contribution in [1.29, 1.82) is 0 Å². The highest BCUT2D eigenvalue weighted by molar-refractivity contribution is 6.04. The number of benzene rings is 1. The second kappa shape index (κ2) is 8.77. The van der Waals surface area contributed by atoms with E-state index in [4.69, 9.17) is 0 Å². The van der Waals surface area contributed by atoms with Crippen LogP contribution in [0.5, 0.6) is 0 Å². The number of amides is 2. The van der Waals surface area contributed by atoms with Crippen molar-refractivity contribution in [3.05, 3.63) is 50.3 Å². The smallest absolute Gasteiger partial charge is 0.269 e. The molecule has 2 aliphatic rings. The van der Waals surface area contributed by atoms with Gasteiger partial charge in [-0.3, -0.25) is 29.5 Å². The molecule has 1 fully saturated rings. The normalized spacial score (nSPS) is 20.3. The predicted octanol–water partition coefficient (Wildman–Crippen LogP) is 2.51. The van der Waals surface area contributed by atoms with Crippen molar-refractivity contribution in [2.45, 2.75) is 51.0 Å². The molecule has 0 unspecified atom stereocenters. The first-order valence-corrected chi connectivity index (χ1v) is 10.6. The maximum Gasteiger partial charge on any atom is 0.269 e. The highest BCUT2D eigenvalue weighted by Crippen LogP contribution is 2.32. The molecule has 32 heavy (non-hydrogen) atoms. The van der Waals surface area contributed by atoms with Crippen molar-refractivity contribution in [3.8, 4) is 0 Å². The first-order chi connectivity index (χ1) is 15.4. The maximum atomic E-state index is 13.0. The molecule has 2 amide bonds. The molecule has 3 heterocycles. The molecule has 11 nitrogen and oxygen atoms in total. The molecule has 168 valence electrons. The number of H-pyrrole nitrogens is 1. The molecule has 4 rings (SSSR count). The summed E-state index contributed by atoms with van der Waals surface area (Å²) in [5.41, 5.74) is -0.137. The van der Waals surface area contributed by atoms with Crippen LogP contribution < -0.4 is 21.1 Å². The van der Waals surface area contributed by atoms with Crippen LogP contribution in [-0.2, 0) is 9.59 Å². The summed E-state index contributed by atoms with van der Waals surface area (Å²) in [6.45, 7) is 2.85. The van der Waals surface area contributed by atoms with E-state index in [0.717, 1.165) is 32.2 Å². The molecule has 0 radical (unpaired) electrons. The lowest BCUT2D eigenvalue weighted by Crippen LogP contribution is -2.43. The molecule has 1 aromatic carbocycles. The lowest BCUT2D eigenvalue weighted by molar-refractivity contribution is -0.384. The van der Waals surface area contributed by atoms with E-state index in [1.54, 1.807) is 0 Å². The molecule has 1 aromatic heterocycles. The van der Waals surface area contributed by atoms with Gasteiger partial charge in [-0.05, 0) is 37.8 Å². The SMILES string of the molecule is CC[C@@H]1CCCCN1c1nc2c(c(=O)[nH]1)[C@H](C(=O)Nc1ccc([N+](=O)[O-])cc1)CC(=O)N2. The highest BCUT2D eigenvalue weighted by Gasteiger charge is 2.35. The third kappa shape index (κ3) is 4.18. The van der Waals surface area contributed by atoms with Crippen LogP contribution in [0.4, 0.5) is 23.1 Å². The van der Waals surface area contributed by atoms with Gasteiger partial charge in [-0.25, -0.2) is 0 Å². The van der Waals surface area contributed by atoms with Gasteiger partial charge in [-0.2, -0.15) is 4.98 Å². The van der Waals surface area contributed by atoms with E-state index < -0.39 is 28.2 Å². The predicted molar refractivity (Wildman–Crippen MR) is 118 cm³/mol. The Bertz CT molecular complexity index is 1110. The number of anilines is 3. The Morgan fingerprint density at radius 1 is 1.28 bits per heavy atom. The van der Waals surface area contributed by atoms with Crippen molar-refractivity contribution >= 4 is 35.0 Å². The largest absolute Gasteiger partial charge is 0.339 e.